The summed E-state index contributed by atoms with van der Waals surface area (Å²) in [5, 5.41) is 3.85. The minimum atomic E-state index is -4.50. The molecule has 0 saturated carbocycles. The van der Waals surface area contributed by atoms with E-state index in [2.05, 4.69) is 16.1 Å². The zero-order chi connectivity index (χ0) is 14.0. The van der Waals surface area contributed by atoms with Crippen LogP contribution in [0.15, 0.2) is 24.5 Å². The molecule has 0 N–H and O–H groups in total. The molecule has 2 aromatic heterocycles. The summed E-state index contributed by atoms with van der Waals surface area (Å²) in [6.07, 6.45) is -2.36. The van der Waals surface area contributed by atoms with E-state index in [0.29, 0.717) is 5.69 Å². The van der Waals surface area contributed by atoms with Crippen LogP contribution in [-0.2, 0) is 10.9 Å². The lowest BCUT2D eigenvalue weighted by Gasteiger charge is -2.15. The molecule has 0 spiro atoms. The average Bonchev–Trinajstić information content (AvgIpc) is 2.86. The Morgan fingerprint density at radius 2 is 2.16 bits per heavy atom. The highest BCUT2D eigenvalue weighted by molar-refractivity contribution is 5.36. The van der Waals surface area contributed by atoms with Gasteiger partial charge in [-0.3, -0.25) is 0 Å². The Morgan fingerprint density at radius 3 is 2.79 bits per heavy atom. The van der Waals surface area contributed by atoms with Gasteiger partial charge in [-0.15, -0.1) is 0 Å². The van der Waals surface area contributed by atoms with Gasteiger partial charge in [0.15, 0.2) is 5.82 Å². The van der Waals surface area contributed by atoms with Gasteiger partial charge in [0.25, 0.3) is 0 Å². The van der Waals surface area contributed by atoms with E-state index < -0.39 is 17.8 Å². The van der Waals surface area contributed by atoms with Crippen LogP contribution >= 0.6 is 0 Å². The van der Waals surface area contributed by atoms with E-state index in [1.54, 1.807) is 6.92 Å². The number of nitrogens with zero attached hydrogens (tertiary/aromatic N) is 3. The van der Waals surface area contributed by atoms with Crippen LogP contribution in [0.3, 0.4) is 0 Å². The lowest BCUT2D eigenvalue weighted by atomic mass is 10.2. The lowest BCUT2D eigenvalue weighted by Crippen LogP contribution is -2.15. The predicted molar refractivity (Wildman–Crippen MR) is 60.6 cm³/mol. The summed E-state index contributed by atoms with van der Waals surface area (Å²) in [6, 6.07) is 4.95. The molecule has 0 aliphatic heterocycles. The molecule has 0 aromatic carbocycles. The van der Waals surface area contributed by atoms with Gasteiger partial charge in [-0.25, -0.2) is 9.67 Å². The van der Waals surface area contributed by atoms with Crippen LogP contribution < -0.4 is 0 Å². The molecule has 101 valence electrons. The average molecular weight is 270 g/mol. The first-order chi connectivity index (χ1) is 8.95. The van der Waals surface area contributed by atoms with Crippen molar-refractivity contribution >= 4 is 0 Å². The number of hydrogen-bond donors (Lipinski definition) is 0. The highest BCUT2D eigenvalue weighted by Crippen LogP contribution is 2.33. The third kappa shape index (κ3) is 2.60. The van der Waals surface area contributed by atoms with Crippen LogP contribution in [0, 0.1) is 6.07 Å². The Bertz CT molecular complexity index is 565. The number of halogens is 3. The monoisotopic (exact) mass is 270 g/mol. The molecule has 2 heterocycles. The predicted octanol–water partition coefficient (Wildman–Crippen LogP) is 2.79. The molecule has 1 atom stereocenters. The summed E-state index contributed by atoms with van der Waals surface area (Å²) in [5.41, 5.74) is -0.469. The molecule has 1 radical (unpaired) electrons. The molecule has 2 aromatic rings. The SMILES string of the molecule is COC(C)c1[c]cnn1-c1ncccc1C(F)(F)F. The molecule has 7 heteroatoms. The Labute approximate surface area is 107 Å². The van der Waals surface area contributed by atoms with E-state index in [0.717, 1.165) is 10.7 Å². The summed E-state index contributed by atoms with van der Waals surface area (Å²) < 4.78 is 45.0. The second-order valence-electron chi connectivity index (χ2n) is 3.84. The van der Waals surface area contributed by atoms with Gasteiger partial charge < -0.3 is 4.74 Å². The fourth-order valence-corrected chi connectivity index (χ4v) is 1.63. The maximum Gasteiger partial charge on any atom is 0.420 e. The summed E-state index contributed by atoms with van der Waals surface area (Å²) in [5.74, 6) is -0.282. The van der Waals surface area contributed by atoms with E-state index in [-0.39, 0.29) is 5.82 Å². The van der Waals surface area contributed by atoms with E-state index in [1.807, 2.05) is 0 Å². The van der Waals surface area contributed by atoms with Gasteiger partial charge in [-0.05, 0) is 19.1 Å². The van der Waals surface area contributed by atoms with Crippen LogP contribution in [0.5, 0.6) is 0 Å². The topological polar surface area (TPSA) is 39.9 Å². The van der Waals surface area contributed by atoms with E-state index >= 15 is 0 Å². The molecule has 1 unspecified atom stereocenters. The molecule has 2 rings (SSSR count). The fraction of sp³-hybridized carbons (Fsp3) is 0.333. The molecule has 0 bridgehead atoms. The van der Waals surface area contributed by atoms with Gasteiger partial charge in [0.2, 0.25) is 0 Å². The number of hydrogen-bond acceptors (Lipinski definition) is 3. The Morgan fingerprint density at radius 1 is 1.42 bits per heavy atom. The molecule has 0 amide bonds. The smallest absolute Gasteiger partial charge is 0.375 e. The summed E-state index contributed by atoms with van der Waals surface area (Å²) in [7, 11) is 1.46. The molecule has 0 saturated heterocycles. The zero-order valence-corrected chi connectivity index (χ0v) is 10.3. The van der Waals surface area contributed by atoms with Gasteiger partial charge in [-0.1, -0.05) is 0 Å². The normalized spacial score (nSPS) is 13.5. The molecule has 0 fully saturated rings. The first-order valence-corrected chi connectivity index (χ1v) is 5.46. The second-order valence-corrected chi connectivity index (χ2v) is 3.84. The quantitative estimate of drug-likeness (QED) is 0.861. The molecule has 0 aliphatic rings. The van der Waals surface area contributed by atoms with Gasteiger partial charge in [-0.2, -0.15) is 18.3 Å². The minimum Gasteiger partial charge on any atom is -0.375 e. The van der Waals surface area contributed by atoms with Crippen molar-refractivity contribution in [2.45, 2.75) is 19.2 Å². The van der Waals surface area contributed by atoms with Crippen molar-refractivity contribution < 1.29 is 17.9 Å². The van der Waals surface area contributed by atoms with Crippen LogP contribution in [0.4, 0.5) is 13.2 Å². The molecule has 19 heavy (non-hydrogen) atoms. The van der Waals surface area contributed by atoms with Crippen LogP contribution in [0.1, 0.15) is 24.3 Å². The van der Waals surface area contributed by atoms with Crippen molar-refractivity contribution in [2.24, 2.45) is 0 Å². The van der Waals surface area contributed by atoms with E-state index in [4.69, 9.17) is 4.74 Å². The second kappa shape index (κ2) is 5.00. The molecule has 0 aliphatic carbocycles. The maximum atomic E-state index is 12.9. The van der Waals surface area contributed by atoms with Gasteiger partial charge in [0.1, 0.15) is 5.56 Å². The number of alkyl halides is 3. The van der Waals surface area contributed by atoms with Gasteiger partial charge in [0, 0.05) is 19.4 Å². The van der Waals surface area contributed by atoms with Crippen LogP contribution in [-0.4, -0.2) is 21.9 Å². The van der Waals surface area contributed by atoms with Crippen molar-refractivity contribution in [3.05, 3.63) is 41.9 Å². The zero-order valence-electron chi connectivity index (χ0n) is 10.3. The first-order valence-electron chi connectivity index (χ1n) is 5.46. The van der Waals surface area contributed by atoms with E-state index in [9.17, 15) is 13.2 Å². The largest absolute Gasteiger partial charge is 0.420 e. The Balaban J connectivity index is 2.57. The highest BCUT2D eigenvalue weighted by Gasteiger charge is 2.35. The van der Waals surface area contributed by atoms with Gasteiger partial charge in [0.05, 0.1) is 18.0 Å². The molecular weight excluding hydrogens is 259 g/mol. The molecular formula is C12H11F3N3O. The highest BCUT2D eigenvalue weighted by atomic mass is 19.4. The minimum absolute atomic E-state index is 0.282. The third-order valence-corrected chi connectivity index (χ3v) is 2.65. The first kappa shape index (κ1) is 13.5. The number of aromatic nitrogens is 3. The maximum absolute atomic E-state index is 12.9. The number of ether oxygens (including phenoxy) is 1. The number of rotatable bonds is 3. The Hall–Kier alpha value is -1.89. The third-order valence-electron chi connectivity index (χ3n) is 2.65. The van der Waals surface area contributed by atoms with E-state index in [1.165, 1.54) is 25.6 Å². The van der Waals surface area contributed by atoms with Crippen molar-refractivity contribution in [2.75, 3.05) is 7.11 Å². The van der Waals surface area contributed by atoms with Crippen molar-refractivity contribution in [3.8, 4) is 5.82 Å². The van der Waals surface area contributed by atoms with Crippen molar-refractivity contribution in [1.82, 2.24) is 14.8 Å². The number of methoxy groups -OCH3 is 1. The standard InChI is InChI=1S/C12H11F3N3O/c1-8(19-2)10-5-7-17-18(10)11-9(12(13,14)15)4-3-6-16-11/h3-4,6-8H,1-2H3. The molecule has 4 nitrogen and oxygen atoms in total. The summed E-state index contributed by atoms with van der Waals surface area (Å²) in [6.45, 7) is 1.69. The van der Waals surface area contributed by atoms with Gasteiger partial charge >= 0.3 is 6.18 Å². The number of pyridine rings is 1. The Kier molecular flexibility index (Phi) is 3.57. The van der Waals surface area contributed by atoms with Crippen LogP contribution in [0.2, 0.25) is 0 Å². The summed E-state index contributed by atoms with van der Waals surface area (Å²) >= 11 is 0. The van der Waals surface area contributed by atoms with Crippen molar-refractivity contribution in [1.29, 1.82) is 0 Å². The summed E-state index contributed by atoms with van der Waals surface area (Å²) in [4.78, 5) is 3.77. The fourth-order valence-electron chi connectivity index (χ4n) is 1.63. The van der Waals surface area contributed by atoms with Crippen molar-refractivity contribution in [3.63, 3.8) is 0 Å². The lowest BCUT2D eigenvalue weighted by molar-refractivity contribution is -0.137. The van der Waals surface area contributed by atoms with Crippen LogP contribution in [0.25, 0.3) is 5.82 Å².